The predicted molar refractivity (Wildman–Crippen MR) is 95.2 cm³/mol. The number of hydrogen-bond donors (Lipinski definition) is 2. The maximum Gasteiger partial charge on any atom is 0.269 e. The average Bonchev–Trinajstić information content (AvgIpc) is 2.93. The third kappa shape index (κ3) is 3.53. The first-order chi connectivity index (χ1) is 12.0. The molecule has 0 saturated carbocycles. The van der Waals surface area contributed by atoms with Crippen molar-refractivity contribution < 1.29 is 9.53 Å². The van der Waals surface area contributed by atoms with Crippen LogP contribution >= 0.6 is 11.6 Å². The fourth-order valence-corrected chi connectivity index (χ4v) is 3.31. The molecule has 8 heteroatoms. The topological polar surface area (TPSA) is 95.1 Å². The number of carbonyl (C=O) groups excluding carboxylic acids is 1. The number of aromatic nitrogens is 3. The van der Waals surface area contributed by atoms with Crippen LogP contribution in [-0.4, -0.2) is 40.4 Å². The Morgan fingerprint density at radius 2 is 2.36 bits per heavy atom. The minimum Gasteiger partial charge on any atom is -0.369 e. The molecule has 134 valence electrons. The van der Waals surface area contributed by atoms with Crippen molar-refractivity contribution in [1.82, 2.24) is 20.1 Å². The van der Waals surface area contributed by atoms with Gasteiger partial charge in [-0.25, -0.2) is 4.68 Å². The molecule has 2 aromatic heterocycles. The zero-order valence-electron chi connectivity index (χ0n) is 14.4. The Morgan fingerprint density at radius 3 is 2.96 bits per heavy atom. The Kier molecular flexibility index (Phi) is 5.36. The summed E-state index contributed by atoms with van der Waals surface area (Å²) in [6, 6.07) is 1.92. The predicted octanol–water partition coefficient (Wildman–Crippen LogP) is 1.94. The molecule has 0 radical (unpaired) electrons. The van der Waals surface area contributed by atoms with Crippen LogP contribution in [0.3, 0.4) is 0 Å². The Balaban J connectivity index is 2.00. The normalized spacial score (nSPS) is 17.6. The Hall–Kier alpha value is -1.96. The third-order valence-corrected chi connectivity index (χ3v) is 4.59. The summed E-state index contributed by atoms with van der Waals surface area (Å²) in [6.45, 7) is 6.23. The van der Waals surface area contributed by atoms with Crippen LogP contribution in [0.15, 0.2) is 12.3 Å². The largest absolute Gasteiger partial charge is 0.369 e. The highest BCUT2D eigenvalue weighted by Crippen LogP contribution is 2.27. The van der Waals surface area contributed by atoms with Gasteiger partial charge in [-0.2, -0.15) is 5.10 Å². The molecule has 3 N–H and O–H groups in total. The van der Waals surface area contributed by atoms with E-state index in [1.807, 2.05) is 19.9 Å². The number of pyridine rings is 1. The highest BCUT2D eigenvalue weighted by Gasteiger charge is 2.23. The van der Waals surface area contributed by atoms with E-state index in [4.69, 9.17) is 22.1 Å². The second kappa shape index (κ2) is 7.51. The van der Waals surface area contributed by atoms with Crippen molar-refractivity contribution in [3.8, 4) is 5.69 Å². The average molecular weight is 364 g/mol. The van der Waals surface area contributed by atoms with E-state index < -0.39 is 5.91 Å². The van der Waals surface area contributed by atoms with Crippen LogP contribution in [0.5, 0.6) is 0 Å². The zero-order chi connectivity index (χ0) is 18.0. The third-order valence-electron chi connectivity index (χ3n) is 4.20. The lowest BCUT2D eigenvalue weighted by Gasteiger charge is -2.24. The maximum atomic E-state index is 11.9. The number of halogens is 1. The number of carbonyl (C=O) groups is 1. The second-order valence-corrected chi connectivity index (χ2v) is 6.47. The Labute approximate surface area is 151 Å². The molecule has 1 aliphatic heterocycles. The van der Waals surface area contributed by atoms with E-state index in [-0.39, 0.29) is 11.8 Å². The van der Waals surface area contributed by atoms with Gasteiger partial charge in [0.1, 0.15) is 6.10 Å². The zero-order valence-corrected chi connectivity index (χ0v) is 15.1. The summed E-state index contributed by atoms with van der Waals surface area (Å²) in [6.07, 6.45) is 3.15. The molecule has 1 atom stereocenters. The molecule has 0 bridgehead atoms. The molecule has 0 aromatic carbocycles. The van der Waals surface area contributed by atoms with Crippen LogP contribution in [0.4, 0.5) is 0 Å². The number of rotatable bonds is 5. The molecule has 1 aliphatic rings. The molecule has 1 fully saturated rings. The minimum absolute atomic E-state index is 0.0738. The number of morpholine rings is 1. The summed E-state index contributed by atoms with van der Waals surface area (Å²) in [4.78, 5) is 16.4. The number of ether oxygens (including phenoxy) is 1. The number of nitrogens with two attached hydrogens (primary N) is 1. The summed E-state index contributed by atoms with van der Waals surface area (Å²) in [5, 5.41) is 8.08. The summed E-state index contributed by atoms with van der Waals surface area (Å²) >= 11 is 6.31. The molecule has 1 unspecified atom stereocenters. The van der Waals surface area contributed by atoms with Crippen molar-refractivity contribution in [3.05, 3.63) is 39.9 Å². The van der Waals surface area contributed by atoms with E-state index in [0.717, 1.165) is 30.8 Å². The molecule has 1 saturated heterocycles. The molecular formula is C17H22ClN5O2. The van der Waals surface area contributed by atoms with Crippen molar-refractivity contribution in [1.29, 1.82) is 0 Å². The lowest BCUT2D eigenvalue weighted by Crippen LogP contribution is -2.34. The molecular weight excluding hydrogens is 342 g/mol. The fourth-order valence-electron chi connectivity index (χ4n) is 3.00. The van der Waals surface area contributed by atoms with Gasteiger partial charge in [0.25, 0.3) is 5.91 Å². The maximum absolute atomic E-state index is 11.9. The van der Waals surface area contributed by atoms with Crippen molar-refractivity contribution in [2.45, 2.75) is 32.8 Å². The smallest absolute Gasteiger partial charge is 0.269 e. The van der Waals surface area contributed by atoms with E-state index in [0.29, 0.717) is 29.4 Å². The first-order valence-electron chi connectivity index (χ1n) is 8.39. The van der Waals surface area contributed by atoms with Crippen LogP contribution in [0.2, 0.25) is 5.02 Å². The van der Waals surface area contributed by atoms with Crippen LogP contribution in [0.1, 0.15) is 46.9 Å². The van der Waals surface area contributed by atoms with E-state index in [9.17, 15) is 4.79 Å². The highest BCUT2D eigenvalue weighted by molar-refractivity contribution is 6.34. The van der Waals surface area contributed by atoms with Crippen LogP contribution in [0.25, 0.3) is 5.69 Å². The van der Waals surface area contributed by atoms with Crippen LogP contribution in [-0.2, 0) is 11.2 Å². The quantitative estimate of drug-likeness (QED) is 0.846. The summed E-state index contributed by atoms with van der Waals surface area (Å²) < 4.78 is 7.25. The van der Waals surface area contributed by atoms with Gasteiger partial charge >= 0.3 is 0 Å². The lowest BCUT2D eigenvalue weighted by molar-refractivity contribution is 0.0246. The van der Waals surface area contributed by atoms with Crippen molar-refractivity contribution in [2.75, 3.05) is 19.7 Å². The van der Waals surface area contributed by atoms with Crippen molar-refractivity contribution >= 4 is 17.5 Å². The van der Waals surface area contributed by atoms with E-state index in [1.165, 1.54) is 4.68 Å². The van der Waals surface area contributed by atoms with Crippen molar-refractivity contribution in [3.63, 3.8) is 0 Å². The molecule has 1 amide bonds. The number of primary amides is 1. The summed E-state index contributed by atoms with van der Waals surface area (Å²) in [5.74, 6) is -0.610. The van der Waals surface area contributed by atoms with Gasteiger partial charge in [-0.1, -0.05) is 24.9 Å². The van der Waals surface area contributed by atoms with Gasteiger partial charge in [0, 0.05) is 13.1 Å². The summed E-state index contributed by atoms with van der Waals surface area (Å²) in [5.41, 5.74) is 8.87. The molecule has 3 rings (SSSR count). The van der Waals surface area contributed by atoms with Gasteiger partial charge in [-0.15, -0.1) is 0 Å². The molecule has 7 nitrogen and oxygen atoms in total. The van der Waals surface area contributed by atoms with Crippen LogP contribution < -0.4 is 11.1 Å². The molecule has 0 aliphatic carbocycles. The highest BCUT2D eigenvalue weighted by atomic mass is 35.5. The number of nitrogens with one attached hydrogen (secondary N) is 1. The van der Waals surface area contributed by atoms with Gasteiger partial charge in [-0.3, -0.25) is 9.78 Å². The number of aryl methyl sites for hydroxylation is 2. The van der Waals surface area contributed by atoms with Crippen LogP contribution in [0, 0.1) is 6.92 Å². The first kappa shape index (κ1) is 17.8. The SMILES string of the molecule is CCCc1nn(-c2cnc(C3CNCCO3)c(C)c2)c(C(N)=O)c1Cl. The molecule has 2 aromatic rings. The summed E-state index contributed by atoms with van der Waals surface area (Å²) in [7, 11) is 0. The second-order valence-electron chi connectivity index (χ2n) is 6.09. The van der Waals surface area contributed by atoms with E-state index in [1.54, 1.807) is 6.20 Å². The Morgan fingerprint density at radius 1 is 1.56 bits per heavy atom. The number of amides is 1. The van der Waals surface area contributed by atoms with E-state index >= 15 is 0 Å². The molecule has 0 spiro atoms. The molecule has 3 heterocycles. The standard InChI is InChI=1S/C17H22ClN5O2/c1-3-4-12-14(18)16(17(19)24)23(22-12)11-7-10(2)15(21-8-11)13-9-20-5-6-25-13/h7-8,13,20H,3-6,9H2,1-2H3,(H2,19,24). The minimum atomic E-state index is -0.610. The molecule has 25 heavy (non-hydrogen) atoms. The van der Waals surface area contributed by atoms with E-state index in [2.05, 4.69) is 15.4 Å². The lowest BCUT2D eigenvalue weighted by atomic mass is 10.1. The van der Waals surface area contributed by atoms with Gasteiger partial charge in [0.2, 0.25) is 0 Å². The van der Waals surface area contributed by atoms with Gasteiger partial charge < -0.3 is 15.8 Å². The first-order valence-corrected chi connectivity index (χ1v) is 8.77. The fraction of sp³-hybridized carbons (Fsp3) is 0.471. The Bertz CT molecular complexity index is 784. The van der Waals surface area contributed by atoms with Gasteiger partial charge in [-0.05, 0) is 25.0 Å². The van der Waals surface area contributed by atoms with Crippen molar-refractivity contribution in [2.24, 2.45) is 5.73 Å². The monoisotopic (exact) mass is 363 g/mol. The van der Waals surface area contributed by atoms with Gasteiger partial charge in [0.15, 0.2) is 5.69 Å². The van der Waals surface area contributed by atoms with Gasteiger partial charge in [0.05, 0.1) is 34.9 Å². The number of nitrogens with zero attached hydrogens (tertiary/aromatic N) is 3. The number of hydrogen-bond acceptors (Lipinski definition) is 5.